The predicted octanol–water partition coefficient (Wildman–Crippen LogP) is 3.44. The molecule has 0 unspecified atom stereocenters. The van der Waals surface area contributed by atoms with Crippen LogP contribution in [-0.2, 0) is 4.79 Å². The van der Waals surface area contributed by atoms with Crippen molar-refractivity contribution in [3.05, 3.63) is 28.7 Å². The molecule has 2 rings (SSSR count). The van der Waals surface area contributed by atoms with E-state index < -0.39 is 0 Å². The molecule has 3 N–H and O–H groups in total. The van der Waals surface area contributed by atoms with Gasteiger partial charge in [0.2, 0.25) is 5.91 Å². The second kappa shape index (κ2) is 5.85. The fourth-order valence-electron chi connectivity index (χ4n) is 2.52. The van der Waals surface area contributed by atoms with E-state index in [-0.39, 0.29) is 11.4 Å². The summed E-state index contributed by atoms with van der Waals surface area (Å²) >= 11 is 3.39. The van der Waals surface area contributed by atoms with Gasteiger partial charge >= 0.3 is 0 Å². The minimum Gasteiger partial charge on any atom is -0.326 e. The molecule has 0 atom stereocenters. The zero-order valence-electron chi connectivity index (χ0n) is 10.4. The number of rotatable bonds is 3. The fraction of sp³-hybridized carbons (Fsp3) is 0.500. The molecule has 1 aliphatic rings. The van der Waals surface area contributed by atoms with Gasteiger partial charge in [0.05, 0.1) is 0 Å². The number of carbonyl (C=O) groups excluding carboxylic acids is 1. The first kappa shape index (κ1) is 13.6. The summed E-state index contributed by atoms with van der Waals surface area (Å²) in [6.45, 7) is 0. The highest BCUT2D eigenvalue weighted by molar-refractivity contribution is 9.10. The van der Waals surface area contributed by atoms with Crippen molar-refractivity contribution >= 4 is 27.5 Å². The summed E-state index contributed by atoms with van der Waals surface area (Å²) in [5, 5.41) is 2.91. The first-order valence-electron chi connectivity index (χ1n) is 6.42. The summed E-state index contributed by atoms with van der Waals surface area (Å²) in [7, 11) is 0. The van der Waals surface area contributed by atoms with Crippen LogP contribution in [0.5, 0.6) is 0 Å². The Bertz CT molecular complexity index is 428. The Labute approximate surface area is 116 Å². The van der Waals surface area contributed by atoms with Crippen LogP contribution in [0.25, 0.3) is 0 Å². The molecule has 1 aromatic rings. The van der Waals surface area contributed by atoms with Crippen molar-refractivity contribution in [1.82, 2.24) is 0 Å². The van der Waals surface area contributed by atoms with E-state index in [0.717, 1.165) is 35.8 Å². The molecule has 0 spiro atoms. The van der Waals surface area contributed by atoms with Gasteiger partial charge in [-0.05, 0) is 31.0 Å². The van der Waals surface area contributed by atoms with Crippen LogP contribution in [-0.4, -0.2) is 11.4 Å². The van der Waals surface area contributed by atoms with Gasteiger partial charge in [-0.25, -0.2) is 0 Å². The minimum absolute atomic E-state index is 0.0116. The van der Waals surface area contributed by atoms with Crippen LogP contribution in [0.3, 0.4) is 0 Å². The van der Waals surface area contributed by atoms with E-state index in [0.29, 0.717) is 6.42 Å². The van der Waals surface area contributed by atoms with Gasteiger partial charge in [0, 0.05) is 22.1 Å². The summed E-state index contributed by atoms with van der Waals surface area (Å²) in [5.41, 5.74) is 6.79. The standard InChI is InChI=1S/C14H19BrN2O/c15-11-5-4-6-12(9-11)17-13(18)10-14(16)7-2-1-3-8-14/h4-6,9H,1-3,7-8,10,16H2,(H,17,18). The smallest absolute Gasteiger partial charge is 0.226 e. The third kappa shape index (κ3) is 3.82. The van der Waals surface area contributed by atoms with Gasteiger partial charge in [0.1, 0.15) is 0 Å². The van der Waals surface area contributed by atoms with Crippen molar-refractivity contribution in [2.45, 2.75) is 44.1 Å². The van der Waals surface area contributed by atoms with Crippen LogP contribution in [0.15, 0.2) is 28.7 Å². The summed E-state index contributed by atoms with van der Waals surface area (Å²) in [6, 6.07) is 7.61. The molecule has 1 aliphatic carbocycles. The number of carbonyl (C=O) groups is 1. The van der Waals surface area contributed by atoms with Crippen LogP contribution >= 0.6 is 15.9 Å². The summed E-state index contributed by atoms with van der Waals surface area (Å²) in [4.78, 5) is 12.0. The third-order valence-electron chi connectivity index (χ3n) is 3.47. The minimum atomic E-state index is -0.297. The zero-order chi connectivity index (χ0) is 13.0. The third-order valence-corrected chi connectivity index (χ3v) is 3.96. The Morgan fingerprint density at radius 1 is 1.33 bits per heavy atom. The molecule has 98 valence electrons. The molecule has 1 saturated carbocycles. The quantitative estimate of drug-likeness (QED) is 0.898. The van der Waals surface area contributed by atoms with E-state index in [1.807, 2.05) is 24.3 Å². The SMILES string of the molecule is NC1(CC(=O)Nc2cccc(Br)c2)CCCCC1. The second-order valence-corrected chi connectivity index (χ2v) is 6.07. The molecule has 1 amide bonds. The molecule has 4 heteroatoms. The largest absolute Gasteiger partial charge is 0.326 e. The van der Waals surface area contributed by atoms with Crippen molar-refractivity contribution in [2.75, 3.05) is 5.32 Å². The number of hydrogen-bond donors (Lipinski definition) is 2. The second-order valence-electron chi connectivity index (χ2n) is 5.16. The Kier molecular flexibility index (Phi) is 4.40. The summed E-state index contributed by atoms with van der Waals surface area (Å²) < 4.78 is 0.959. The number of benzene rings is 1. The Morgan fingerprint density at radius 2 is 2.06 bits per heavy atom. The Balaban J connectivity index is 1.92. The highest BCUT2D eigenvalue weighted by atomic mass is 79.9. The zero-order valence-corrected chi connectivity index (χ0v) is 12.0. The average Bonchev–Trinajstić information content (AvgIpc) is 2.28. The number of halogens is 1. The highest BCUT2D eigenvalue weighted by Gasteiger charge is 2.29. The normalized spacial score (nSPS) is 18.3. The molecule has 0 radical (unpaired) electrons. The van der Waals surface area contributed by atoms with Crippen molar-refractivity contribution in [3.63, 3.8) is 0 Å². The lowest BCUT2D eigenvalue weighted by Gasteiger charge is -2.32. The molecule has 0 heterocycles. The van der Waals surface area contributed by atoms with Gasteiger partial charge < -0.3 is 11.1 Å². The Hall–Kier alpha value is -0.870. The predicted molar refractivity (Wildman–Crippen MR) is 77.4 cm³/mol. The molecule has 1 fully saturated rings. The number of anilines is 1. The molecule has 0 aliphatic heterocycles. The van der Waals surface area contributed by atoms with Crippen molar-refractivity contribution in [2.24, 2.45) is 5.73 Å². The van der Waals surface area contributed by atoms with Gasteiger partial charge in [-0.2, -0.15) is 0 Å². The fourth-order valence-corrected chi connectivity index (χ4v) is 2.92. The van der Waals surface area contributed by atoms with Crippen molar-refractivity contribution in [3.8, 4) is 0 Å². The van der Waals surface area contributed by atoms with Gasteiger partial charge in [-0.1, -0.05) is 41.3 Å². The first-order chi connectivity index (χ1) is 8.57. The van der Waals surface area contributed by atoms with Crippen LogP contribution in [0, 0.1) is 0 Å². The van der Waals surface area contributed by atoms with Crippen LogP contribution < -0.4 is 11.1 Å². The molecule has 0 aromatic heterocycles. The molecule has 0 saturated heterocycles. The summed E-state index contributed by atoms with van der Waals surface area (Å²) in [5.74, 6) is 0.0116. The molecular formula is C14H19BrN2O. The Morgan fingerprint density at radius 3 is 2.72 bits per heavy atom. The lowest BCUT2D eigenvalue weighted by molar-refractivity contribution is -0.117. The van der Waals surface area contributed by atoms with E-state index in [4.69, 9.17) is 5.73 Å². The average molecular weight is 311 g/mol. The van der Waals surface area contributed by atoms with Gasteiger partial charge in [-0.3, -0.25) is 4.79 Å². The van der Waals surface area contributed by atoms with Gasteiger partial charge in [0.15, 0.2) is 0 Å². The van der Waals surface area contributed by atoms with Crippen LogP contribution in [0.4, 0.5) is 5.69 Å². The van der Waals surface area contributed by atoms with E-state index in [1.165, 1.54) is 6.42 Å². The van der Waals surface area contributed by atoms with E-state index in [9.17, 15) is 4.79 Å². The molecule has 1 aromatic carbocycles. The first-order valence-corrected chi connectivity index (χ1v) is 7.21. The maximum Gasteiger partial charge on any atom is 0.226 e. The monoisotopic (exact) mass is 310 g/mol. The van der Waals surface area contributed by atoms with Crippen molar-refractivity contribution < 1.29 is 4.79 Å². The topological polar surface area (TPSA) is 55.1 Å². The van der Waals surface area contributed by atoms with Crippen LogP contribution in [0.1, 0.15) is 38.5 Å². The number of nitrogens with two attached hydrogens (primary N) is 1. The number of nitrogens with one attached hydrogen (secondary N) is 1. The molecule has 18 heavy (non-hydrogen) atoms. The maximum absolute atomic E-state index is 12.0. The van der Waals surface area contributed by atoms with Gasteiger partial charge in [0.25, 0.3) is 0 Å². The van der Waals surface area contributed by atoms with Gasteiger partial charge in [-0.15, -0.1) is 0 Å². The van der Waals surface area contributed by atoms with E-state index in [1.54, 1.807) is 0 Å². The maximum atomic E-state index is 12.0. The van der Waals surface area contributed by atoms with Crippen LogP contribution in [0.2, 0.25) is 0 Å². The lowest BCUT2D eigenvalue weighted by atomic mass is 9.80. The lowest BCUT2D eigenvalue weighted by Crippen LogP contribution is -2.44. The highest BCUT2D eigenvalue weighted by Crippen LogP contribution is 2.29. The summed E-state index contributed by atoms with van der Waals surface area (Å²) in [6.07, 6.45) is 5.85. The van der Waals surface area contributed by atoms with Crippen molar-refractivity contribution in [1.29, 1.82) is 0 Å². The molecule has 3 nitrogen and oxygen atoms in total. The van der Waals surface area contributed by atoms with E-state index in [2.05, 4.69) is 21.2 Å². The number of hydrogen-bond acceptors (Lipinski definition) is 2. The molecular weight excluding hydrogens is 292 g/mol. The number of amides is 1. The molecule has 0 bridgehead atoms. The van der Waals surface area contributed by atoms with E-state index >= 15 is 0 Å².